The maximum atomic E-state index is 12.4. The van der Waals surface area contributed by atoms with Crippen LogP contribution >= 0.6 is 0 Å². The predicted octanol–water partition coefficient (Wildman–Crippen LogP) is 2.09. The molecule has 3 amide bonds. The zero-order valence-electron chi connectivity index (χ0n) is 14.7. The number of rotatable bonds is 4. The van der Waals surface area contributed by atoms with Crippen molar-refractivity contribution in [1.29, 1.82) is 0 Å². The summed E-state index contributed by atoms with van der Waals surface area (Å²) in [7, 11) is 0. The number of nitrogens with zero attached hydrogens (tertiary/aromatic N) is 1. The van der Waals surface area contributed by atoms with E-state index in [1.54, 1.807) is 0 Å². The summed E-state index contributed by atoms with van der Waals surface area (Å²) in [5.74, 6) is 0.180. The van der Waals surface area contributed by atoms with Crippen LogP contribution in [0.5, 0.6) is 5.75 Å². The van der Waals surface area contributed by atoms with Gasteiger partial charge in [0.25, 0.3) is 0 Å². The zero-order chi connectivity index (χ0) is 19.4. The topological polar surface area (TPSA) is 70.7 Å². The van der Waals surface area contributed by atoms with Gasteiger partial charge in [0.2, 0.25) is 5.91 Å². The van der Waals surface area contributed by atoms with Crippen LogP contribution in [0.3, 0.4) is 0 Å². The quantitative estimate of drug-likeness (QED) is 0.834. The van der Waals surface area contributed by atoms with Crippen LogP contribution in [0.4, 0.5) is 18.0 Å². The Morgan fingerprint density at radius 1 is 1.22 bits per heavy atom. The summed E-state index contributed by atoms with van der Waals surface area (Å²) >= 11 is 0. The Hall–Kier alpha value is -2.45. The van der Waals surface area contributed by atoms with Crippen LogP contribution in [-0.4, -0.2) is 55.3 Å². The summed E-state index contributed by atoms with van der Waals surface area (Å²) in [6.45, 7) is -0.191. The van der Waals surface area contributed by atoms with Gasteiger partial charge in [-0.05, 0) is 30.9 Å². The van der Waals surface area contributed by atoms with Crippen LogP contribution in [0.2, 0.25) is 0 Å². The molecule has 148 valence electrons. The van der Waals surface area contributed by atoms with Gasteiger partial charge in [0.1, 0.15) is 18.3 Å². The molecule has 2 heterocycles. The number of carbonyl (C=O) groups excluding carboxylic acids is 2. The van der Waals surface area contributed by atoms with Crippen LogP contribution in [0.1, 0.15) is 18.4 Å². The maximum absolute atomic E-state index is 12.4. The van der Waals surface area contributed by atoms with Crippen molar-refractivity contribution in [2.24, 2.45) is 5.92 Å². The molecule has 0 aromatic heterocycles. The second kappa shape index (κ2) is 8.06. The van der Waals surface area contributed by atoms with Crippen molar-refractivity contribution >= 4 is 11.9 Å². The fourth-order valence-electron chi connectivity index (χ4n) is 3.44. The van der Waals surface area contributed by atoms with Gasteiger partial charge in [-0.3, -0.25) is 4.79 Å². The molecule has 1 fully saturated rings. The van der Waals surface area contributed by atoms with Crippen molar-refractivity contribution in [2.45, 2.75) is 31.5 Å². The van der Waals surface area contributed by atoms with Gasteiger partial charge in [0.05, 0.1) is 6.61 Å². The number of fused-ring (bicyclic) bond motifs is 1. The first-order valence-corrected chi connectivity index (χ1v) is 8.93. The summed E-state index contributed by atoms with van der Waals surface area (Å²) in [5.41, 5.74) is 1.08. The van der Waals surface area contributed by atoms with Gasteiger partial charge in [-0.15, -0.1) is 0 Å². The molecule has 0 bridgehead atoms. The van der Waals surface area contributed by atoms with E-state index in [-0.39, 0.29) is 5.92 Å². The lowest BCUT2D eigenvalue weighted by molar-refractivity contribution is -0.140. The second-order valence-electron chi connectivity index (χ2n) is 6.86. The number of ether oxygens (including phenoxy) is 1. The standard InChI is InChI=1S/C18H22F3N3O3/c19-18(20,21)11-23-16(25)14-5-3-7-24(14)17(26)22-9-12-8-13-4-1-2-6-15(13)27-10-12/h1-2,4,6,12,14H,3,5,7-11H2,(H,22,26)(H,23,25)/t12-,14-/m0/s1. The third kappa shape index (κ3) is 5.05. The van der Waals surface area contributed by atoms with Crippen LogP contribution < -0.4 is 15.4 Å². The molecule has 2 N–H and O–H groups in total. The van der Waals surface area contributed by atoms with Crippen LogP contribution in [0, 0.1) is 5.92 Å². The first kappa shape index (κ1) is 19.3. The molecule has 0 saturated carbocycles. The fourth-order valence-corrected chi connectivity index (χ4v) is 3.44. The number of hydrogen-bond donors (Lipinski definition) is 2. The summed E-state index contributed by atoms with van der Waals surface area (Å²) in [6.07, 6.45) is -2.76. The fraction of sp³-hybridized carbons (Fsp3) is 0.556. The van der Waals surface area contributed by atoms with Crippen LogP contribution in [0.25, 0.3) is 0 Å². The average Bonchev–Trinajstić information content (AvgIpc) is 3.13. The lowest BCUT2D eigenvalue weighted by atomic mass is 9.97. The van der Waals surface area contributed by atoms with Crippen LogP contribution in [-0.2, 0) is 11.2 Å². The van der Waals surface area contributed by atoms with Gasteiger partial charge in [-0.2, -0.15) is 13.2 Å². The Kier molecular flexibility index (Phi) is 5.76. The smallest absolute Gasteiger partial charge is 0.405 e. The average molecular weight is 385 g/mol. The van der Waals surface area contributed by atoms with Crippen molar-refractivity contribution in [3.8, 4) is 5.75 Å². The molecule has 2 aliphatic heterocycles. The van der Waals surface area contributed by atoms with Gasteiger partial charge < -0.3 is 20.3 Å². The zero-order valence-corrected chi connectivity index (χ0v) is 14.7. The van der Waals surface area contributed by atoms with Crippen molar-refractivity contribution in [1.82, 2.24) is 15.5 Å². The number of halogens is 3. The number of carbonyl (C=O) groups is 2. The minimum Gasteiger partial charge on any atom is -0.493 e. The number of para-hydroxylation sites is 1. The van der Waals surface area contributed by atoms with Gasteiger partial charge >= 0.3 is 12.2 Å². The SMILES string of the molecule is O=C(NCC(F)(F)F)[C@@H]1CCCN1C(=O)NC[C@H]1COc2ccccc2C1. The highest BCUT2D eigenvalue weighted by Gasteiger charge is 2.36. The van der Waals surface area contributed by atoms with Gasteiger partial charge in [-0.25, -0.2) is 4.79 Å². The Bertz CT molecular complexity index is 696. The summed E-state index contributed by atoms with van der Waals surface area (Å²) < 4.78 is 42.5. The number of nitrogens with one attached hydrogen (secondary N) is 2. The monoisotopic (exact) mass is 385 g/mol. The minimum atomic E-state index is -4.47. The molecule has 1 aromatic rings. The molecule has 1 saturated heterocycles. The summed E-state index contributed by atoms with van der Waals surface area (Å²) in [5, 5.41) is 4.65. The van der Waals surface area contributed by atoms with E-state index >= 15 is 0 Å². The van der Waals surface area contributed by atoms with E-state index in [1.165, 1.54) is 4.90 Å². The second-order valence-corrected chi connectivity index (χ2v) is 6.86. The van der Waals surface area contributed by atoms with E-state index in [0.29, 0.717) is 32.5 Å². The molecule has 0 spiro atoms. The van der Waals surface area contributed by atoms with Crippen molar-refractivity contribution in [2.75, 3.05) is 26.2 Å². The Morgan fingerprint density at radius 2 is 2.00 bits per heavy atom. The highest BCUT2D eigenvalue weighted by atomic mass is 19.4. The van der Waals surface area contributed by atoms with E-state index < -0.39 is 30.7 Å². The maximum Gasteiger partial charge on any atom is 0.405 e. The highest BCUT2D eigenvalue weighted by molar-refractivity contribution is 5.87. The van der Waals surface area contributed by atoms with E-state index in [4.69, 9.17) is 4.74 Å². The van der Waals surface area contributed by atoms with E-state index in [9.17, 15) is 22.8 Å². The number of benzene rings is 1. The van der Waals surface area contributed by atoms with E-state index in [0.717, 1.165) is 17.7 Å². The summed E-state index contributed by atoms with van der Waals surface area (Å²) in [6, 6.07) is 6.41. The molecular weight excluding hydrogens is 363 g/mol. The number of likely N-dealkylation sites (tertiary alicyclic amines) is 1. The summed E-state index contributed by atoms with van der Waals surface area (Å²) in [4.78, 5) is 25.7. The minimum absolute atomic E-state index is 0.101. The molecule has 0 radical (unpaired) electrons. The van der Waals surface area contributed by atoms with Crippen LogP contribution in [0.15, 0.2) is 24.3 Å². The van der Waals surface area contributed by atoms with Crippen molar-refractivity contribution < 1.29 is 27.5 Å². The number of amides is 3. The third-order valence-corrected chi connectivity index (χ3v) is 4.78. The molecule has 2 aliphatic rings. The predicted molar refractivity (Wildman–Crippen MR) is 91.3 cm³/mol. The Balaban J connectivity index is 1.49. The molecule has 27 heavy (non-hydrogen) atoms. The molecular formula is C18H22F3N3O3. The number of urea groups is 1. The van der Waals surface area contributed by atoms with Gasteiger partial charge in [0, 0.05) is 19.0 Å². The number of hydrogen-bond acceptors (Lipinski definition) is 3. The molecule has 2 atom stereocenters. The Labute approximate surface area is 155 Å². The highest BCUT2D eigenvalue weighted by Crippen LogP contribution is 2.26. The van der Waals surface area contributed by atoms with Gasteiger partial charge in [-0.1, -0.05) is 18.2 Å². The first-order chi connectivity index (χ1) is 12.8. The molecule has 1 aromatic carbocycles. The third-order valence-electron chi connectivity index (χ3n) is 4.78. The van der Waals surface area contributed by atoms with Crippen molar-refractivity contribution in [3.05, 3.63) is 29.8 Å². The normalized spacial score (nSPS) is 22.0. The molecule has 3 rings (SSSR count). The lowest BCUT2D eigenvalue weighted by Crippen LogP contribution is -2.51. The number of alkyl halides is 3. The lowest BCUT2D eigenvalue weighted by Gasteiger charge is -2.28. The van der Waals surface area contributed by atoms with E-state index in [1.807, 2.05) is 29.6 Å². The molecule has 6 nitrogen and oxygen atoms in total. The molecule has 9 heteroatoms. The Morgan fingerprint density at radius 3 is 2.78 bits per heavy atom. The van der Waals surface area contributed by atoms with Crippen molar-refractivity contribution in [3.63, 3.8) is 0 Å². The largest absolute Gasteiger partial charge is 0.493 e. The van der Waals surface area contributed by atoms with E-state index in [2.05, 4.69) is 5.32 Å². The first-order valence-electron chi connectivity index (χ1n) is 8.93. The molecule has 0 aliphatic carbocycles. The molecule has 0 unspecified atom stereocenters. The van der Waals surface area contributed by atoms with Gasteiger partial charge in [0.15, 0.2) is 0 Å².